The van der Waals surface area contributed by atoms with Crippen LogP contribution < -0.4 is 4.74 Å². The Kier molecular flexibility index (Phi) is 8.81. The lowest BCUT2D eigenvalue weighted by Gasteiger charge is -2.28. The highest BCUT2D eigenvalue weighted by Gasteiger charge is 2.27. The second-order valence-corrected chi connectivity index (χ2v) is 9.08. The minimum absolute atomic E-state index is 0.177. The zero-order valence-electron chi connectivity index (χ0n) is 18.2. The molecule has 1 aromatic heterocycles. The number of benzene rings is 1. The molecule has 0 amide bonds. The number of carbonyl (C=O) groups is 1. The molecule has 0 bridgehead atoms. The first kappa shape index (κ1) is 23.6. The fourth-order valence-corrected chi connectivity index (χ4v) is 4.16. The molecular weight excluding hydrogens is 463 g/mol. The molecule has 0 N–H and O–H groups in total. The van der Waals surface area contributed by atoms with Crippen LogP contribution in [0.25, 0.3) is 11.4 Å². The third-order valence-corrected chi connectivity index (χ3v) is 6.21. The number of rotatable bonds is 9. The minimum atomic E-state index is -1.49. The van der Waals surface area contributed by atoms with Crippen molar-refractivity contribution in [3.63, 3.8) is 0 Å². The highest BCUT2D eigenvalue weighted by molar-refractivity contribution is 9.10. The highest BCUT2D eigenvalue weighted by Crippen LogP contribution is 2.32. The van der Waals surface area contributed by atoms with Gasteiger partial charge in [-0.2, -0.15) is 0 Å². The van der Waals surface area contributed by atoms with E-state index < -0.39 is 12.1 Å². The topological polar surface area (TPSA) is 61.3 Å². The van der Waals surface area contributed by atoms with E-state index in [2.05, 4.69) is 25.9 Å². The SMILES string of the molecule is CCCC[C@H](F)C(=O)OC1CCC(COc2ccc(-c3ncc(C)cn3)cc2Br)CC1. The molecule has 1 aliphatic carbocycles. The van der Waals surface area contributed by atoms with Gasteiger partial charge in [0.2, 0.25) is 0 Å². The Bertz CT molecular complexity index is 854. The number of alkyl halides is 1. The minimum Gasteiger partial charge on any atom is -0.492 e. The van der Waals surface area contributed by atoms with Gasteiger partial charge in [0.05, 0.1) is 11.1 Å². The van der Waals surface area contributed by atoms with Crippen molar-refractivity contribution >= 4 is 21.9 Å². The van der Waals surface area contributed by atoms with Crippen LogP contribution in [-0.4, -0.2) is 34.8 Å². The fourth-order valence-electron chi connectivity index (χ4n) is 3.66. The van der Waals surface area contributed by atoms with Crippen LogP contribution >= 0.6 is 15.9 Å². The molecule has 0 saturated heterocycles. The zero-order chi connectivity index (χ0) is 22.2. The van der Waals surface area contributed by atoms with Gasteiger partial charge in [0, 0.05) is 18.0 Å². The lowest BCUT2D eigenvalue weighted by molar-refractivity contribution is -0.157. The molecule has 31 heavy (non-hydrogen) atoms. The fraction of sp³-hybridized carbons (Fsp3) is 0.542. The van der Waals surface area contributed by atoms with E-state index in [9.17, 15) is 9.18 Å². The Hall–Kier alpha value is -2.02. The normalized spacial score (nSPS) is 19.6. The predicted molar refractivity (Wildman–Crippen MR) is 122 cm³/mol. The van der Waals surface area contributed by atoms with E-state index in [1.807, 2.05) is 32.0 Å². The number of carbonyl (C=O) groups excluding carboxylic acids is 1. The molecule has 0 spiro atoms. The number of unbranched alkanes of at least 4 members (excludes halogenated alkanes) is 1. The van der Waals surface area contributed by atoms with Crippen molar-refractivity contribution in [2.45, 2.75) is 71.1 Å². The van der Waals surface area contributed by atoms with Crippen molar-refractivity contribution in [1.82, 2.24) is 9.97 Å². The van der Waals surface area contributed by atoms with Gasteiger partial charge in [-0.3, -0.25) is 0 Å². The van der Waals surface area contributed by atoms with Gasteiger partial charge in [0.1, 0.15) is 11.9 Å². The summed E-state index contributed by atoms with van der Waals surface area (Å²) in [6, 6.07) is 5.84. The summed E-state index contributed by atoms with van der Waals surface area (Å²) in [5, 5.41) is 0. The molecule has 0 unspecified atom stereocenters. The van der Waals surface area contributed by atoms with Crippen LogP contribution in [0.2, 0.25) is 0 Å². The summed E-state index contributed by atoms with van der Waals surface area (Å²) in [7, 11) is 0. The third-order valence-electron chi connectivity index (χ3n) is 5.59. The van der Waals surface area contributed by atoms with Crippen LogP contribution in [-0.2, 0) is 9.53 Å². The summed E-state index contributed by atoms with van der Waals surface area (Å²) in [5.41, 5.74) is 1.94. The largest absolute Gasteiger partial charge is 0.492 e. The second kappa shape index (κ2) is 11.6. The van der Waals surface area contributed by atoms with Gasteiger partial charge in [-0.15, -0.1) is 0 Å². The maximum Gasteiger partial charge on any atom is 0.340 e. The van der Waals surface area contributed by atoms with E-state index in [1.54, 1.807) is 12.4 Å². The number of esters is 1. The molecule has 3 rings (SSSR count). The summed E-state index contributed by atoms with van der Waals surface area (Å²) in [6.07, 6.45) is 7.06. The molecule has 168 valence electrons. The average Bonchev–Trinajstić information content (AvgIpc) is 2.78. The van der Waals surface area contributed by atoms with Crippen molar-refractivity contribution in [2.75, 3.05) is 6.61 Å². The number of ether oxygens (including phenoxy) is 2. The van der Waals surface area contributed by atoms with Gasteiger partial charge in [-0.1, -0.05) is 19.8 Å². The maximum atomic E-state index is 13.8. The van der Waals surface area contributed by atoms with E-state index >= 15 is 0 Å². The van der Waals surface area contributed by atoms with Crippen molar-refractivity contribution in [1.29, 1.82) is 0 Å². The lowest BCUT2D eigenvalue weighted by Crippen LogP contribution is -2.30. The lowest BCUT2D eigenvalue weighted by atomic mass is 9.88. The van der Waals surface area contributed by atoms with Crippen LogP contribution in [0.15, 0.2) is 35.1 Å². The molecule has 1 fully saturated rings. The van der Waals surface area contributed by atoms with Crippen LogP contribution in [0.4, 0.5) is 4.39 Å². The number of hydrogen-bond donors (Lipinski definition) is 0. The first-order valence-electron chi connectivity index (χ1n) is 11.0. The molecule has 1 atom stereocenters. The van der Waals surface area contributed by atoms with E-state index in [0.29, 0.717) is 24.8 Å². The van der Waals surface area contributed by atoms with Gasteiger partial charge in [0.15, 0.2) is 12.0 Å². The summed E-state index contributed by atoms with van der Waals surface area (Å²) in [5.74, 6) is 1.15. The number of aryl methyl sites for hydroxylation is 1. The van der Waals surface area contributed by atoms with E-state index in [0.717, 1.165) is 53.5 Å². The number of nitrogens with zero attached hydrogens (tertiary/aromatic N) is 2. The van der Waals surface area contributed by atoms with Crippen molar-refractivity contribution in [3.8, 4) is 17.1 Å². The highest BCUT2D eigenvalue weighted by atomic mass is 79.9. The Morgan fingerprint density at radius 1 is 1.23 bits per heavy atom. The van der Waals surface area contributed by atoms with E-state index in [-0.39, 0.29) is 12.5 Å². The monoisotopic (exact) mass is 492 g/mol. The third kappa shape index (κ3) is 6.99. The van der Waals surface area contributed by atoms with Crippen LogP contribution in [0.1, 0.15) is 57.4 Å². The van der Waals surface area contributed by atoms with Crippen LogP contribution in [0, 0.1) is 12.8 Å². The molecule has 7 heteroatoms. The Labute approximate surface area is 191 Å². The molecule has 1 aliphatic rings. The Morgan fingerprint density at radius 3 is 2.58 bits per heavy atom. The Balaban J connectivity index is 1.44. The number of halogens is 2. The van der Waals surface area contributed by atoms with Gasteiger partial charge < -0.3 is 9.47 Å². The number of aromatic nitrogens is 2. The molecule has 0 aliphatic heterocycles. The molecular formula is C24H30BrFN2O3. The predicted octanol–water partition coefficient (Wildman–Crippen LogP) is 6.22. The van der Waals surface area contributed by atoms with Crippen molar-refractivity contribution in [2.24, 2.45) is 5.92 Å². The van der Waals surface area contributed by atoms with Crippen molar-refractivity contribution in [3.05, 3.63) is 40.6 Å². The van der Waals surface area contributed by atoms with E-state index in [4.69, 9.17) is 9.47 Å². The second-order valence-electron chi connectivity index (χ2n) is 8.23. The summed E-state index contributed by atoms with van der Waals surface area (Å²) in [6.45, 7) is 4.54. The average molecular weight is 493 g/mol. The summed E-state index contributed by atoms with van der Waals surface area (Å²) >= 11 is 3.58. The molecule has 2 aromatic rings. The smallest absolute Gasteiger partial charge is 0.340 e. The number of hydrogen-bond acceptors (Lipinski definition) is 5. The van der Waals surface area contributed by atoms with Crippen LogP contribution in [0.5, 0.6) is 5.75 Å². The van der Waals surface area contributed by atoms with Gasteiger partial charge in [-0.05, 0) is 84.6 Å². The van der Waals surface area contributed by atoms with Gasteiger partial charge in [0.25, 0.3) is 0 Å². The van der Waals surface area contributed by atoms with Crippen LogP contribution in [0.3, 0.4) is 0 Å². The zero-order valence-corrected chi connectivity index (χ0v) is 19.7. The standard InChI is InChI=1S/C24H30BrFN2O3/c1-3-4-5-21(26)24(29)31-19-9-6-17(7-10-19)15-30-22-11-8-18(12-20(22)25)23-27-13-16(2)14-28-23/h8,11-14,17,19,21H,3-7,9-10,15H2,1-2H3/t17?,19?,21-/m0/s1. The molecule has 1 aromatic carbocycles. The quantitative estimate of drug-likeness (QED) is 0.388. The molecule has 5 nitrogen and oxygen atoms in total. The molecule has 0 radical (unpaired) electrons. The maximum absolute atomic E-state index is 13.8. The molecule has 1 saturated carbocycles. The first-order valence-corrected chi connectivity index (χ1v) is 11.8. The molecule has 1 heterocycles. The summed E-state index contributed by atoms with van der Waals surface area (Å²) < 4.78 is 26.1. The van der Waals surface area contributed by atoms with Gasteiger partial charge >= 0.3 is 5.97 Å². The van der Waals surface area contributed by atoms with Crippen molar-refractivity contribution < 1.29 is 18.7 Å². The Morgan fingerprint density at radius 2 is 1.94 bits per heavy atom. The first-order chi connectivity index (χ1) is 15.0. The van der Waals surface area contributed by atoms with Gasteiger partial charge in [-0.25, -0.2) is 19.2 Å². The van der Waals surface area contributed by atoms with E-state index in [1.165, 1.54) is 0 Å². The summed E-state index contributed by atoms with van der Waals surface area (Å²) in [4.78, 5) is 20.6.